The second-order valence-corrected chi connectivity index (χ2v) is 6.51. The Bertz CT molecular complexity index is 904. The number of urea groups is 1. The van der Waals surface area contributed by atoms with Crippen LogP contribution < -0.4 is 28.4 Å². The first-order valence-corrected chi connectivity index (χ1v) is 9.59. The largest absolute Gasteiger partial charge is 0.488 e. The topological polar surface area (TPSA) is 138 Å². The molecule has 1 aromatic carbocycles. The van der Waals surface area contributed by atoms with Crippen molar-refractivity contribution in [1.29, 1.82) is 0 Å². The molecule has 0 aliphatic rings. The summed E-state index contributed by atoms with van der Waals surface area (Å²) in [5.41, 5.74) is 0. The van der Waals surface area contributed by atoms with E-state index in [-0.39, 0.29) is 41.7 Å². The third-order valence-corrected chi connectivity index (χ3v) is 3.91. The lowest BCUT2D eigenvalue weighted by molar-refractivity contribution is 0.255. The SMILES string of the molecule is COc1cc(OC)nc(NC(=O)NS(=O)(=O)Oc2ccccc2OCCCl)n1. The van der Waals surface area contributed by atoms with Crippen LogP contribution in [0.4, 0.5) is 10.7 Å². The minimum absolute atomic E-state index is 0.103. The van der Waals surface area contributed by atoms with Gasteiger partial charge in [0.2, 0.25) is 17.7 Å². The number of ether oxygens (including phenoxy) is 3. The number of nitrogens with one attached hydrogen (secondary N) is 2. The highest BCUT2D eigenvalue weighted by atomic mass is 35.5. The molecule has 2 amide bonds. The molecule has 0 aliphatic carbocycles. The zero-order chi connectivity index (χ0) is 20.6. The molecule has 152 valence electrons. The van der Waals surface area contributed by atoms with Gasteiger partial charge in [-0.05, 0) is 12.1 Å². The molecule has 28 heavy (non-hydrogen) atoms. The fraction of sp³-hybridized carbons (Fsp3) is 0.267. The van der Waals surface area contributed by atoms with E-state index in [2.05, 4.69) is 15.3 Å². The fourth-order valence-electron chi connectivity index (χ4n) is 1.84. The summed E-state index contributed by atoms with van der Waals surface area (Å²) < 4.78 is 45.9. The number of benzene rings is 1. The van der Waals surface area contributed by atoms with E-state index in [0.717, 1.165) is 0 Å². The van der Waals surface area contributed by atoms with Crippen LogP contribution in [-0.4, -0.2) is 51.1 Å². The van der Waals surface area contributed by atoms with Gasteiger partial charge in [-0.25, -0.2) is 9.52 Å². The summed E-state index contributed by atoms with van der Waals surface area (Å²) in [6.07, 6.45) is 0. The van der Waals surface area contributed by atoms with E-state index in [1.54, 1.807) is 10.8 Å². The van der Waals surface area contributed by atoms with Crippen LogP contribution in [0.25, 0.3) is 0 Å². The number of alkyl halides is 1. The predicted octanol–water partition coefficient (Wildman–Crippen LogP) is 1.56. The van der Waals surface area contributed by atoms with Crippen LogP contribution in [0.15, 0.2) is 30.3 Å². The Balaban J connectivity index is 2.07. The number of aromatic nitrogens is 2. The summed E-state index contributed by atoms with van der Waals surface area (Å²) in [6.45, 7) is 0.144. The van der Waals surface area contributed by atoms with E-state index in [9.17, 15) is 13.2 Å². The average Bonchev–Trinajstić information content (AvgIpc) is 2.66. The Morgan fingerprint density at radius 2 is 1.71 bits per heavy atom. The summed E-state index contributed by atoms with van der Waals surface area (Å²) in [5, 5.41) is 2.14. The van der Waals surface area contributed by atoms with Crippen LogP contribution >= 0.6 is 11.6 Å². The zero-order valence-corrected chi connectivity index (χ0v) is 16.4. The summed E-state index contributed by atoms with van der Waals surface area (Å²) in [5.74, 6) is 0.196. The number of hydrogen-bond donors (Lipinski definition) is 2. The second kappa shape index (κ2) is 9.80. The molecule has 2 N–H and O–H groups in total. The molecule has 11 nitrogen and oxygen atoms in total. The average molecular weight is 433 g/mol. The molecule has 1 heterocycles. The quantitative estimate of drug-likeness (QED) is 0.565. The Morgan fingerprint density at radius 3 is 2.29 bits per heavy atom. The standard InChI is InChI=1S/C15H17ClN4O7S/c1-24-12-9-13(25-2)18-14(17-12)19-15(21)20-28(22,23)27-11-6-4-3-5-10(11)26-8-7-16/h3-6,9H,7-8H2,1-2H3,(H2,17,18,19,20,21). The minimum Gasteiger partial charge on any atom is -0.488 e. The first-order valence-electron chi connectivity index (χ1n) is 7.65. The van der Waals surface area contributed by atoms with Crippen molar-refractivity contribution in [3.05, 3.63) is 30.3 Å². The number of nitrogens with zero attached hydrogens (tertiary/aromatic N) is 2. The molecule has 0 aliphatic heterocycles. The molecule has 0 radical (unpaired) electrons. The van der Waals surface area contributed by atoms with Gasteiger partial charge in [-0.1, -0.05) is 12.1 Å². The van der Waals surface area contributed by atoms with E-state index in [4.69, 9.17) is 30.0 Å². The van der Waals surface area contributed by atoms with Crippen molar-refractivity contribution in [3.63, 3.8) is 0 Å². The maximum Gasteiger partial charge on any atom is 0.411 e. The van der Waals surface area contributed by atoms with Crippen molar-refractivity contribution in [1.82, 2.24) is 14.7 Å². The van der Waals surface area contributed by atoms with Crippen molar-refractivity contribution in [2.75, 3.05) is 32.0 Å². The monoisotopic (exact) mass is 432 g/mol. The van der Waals surface area contributed by atoms with Crippen molar-refractivity contribution >= 4 is 33.9 Å². The van der Waals surface area contributed by atoms with Gasteiger partial charge in [-0.15, -0.1) is 11.6 Å². The van der Waals surface area contributed by atoms with Gasteiger partial charge >= 0.3 is 16.3 Å². The van der Waals surface area contributed by atoms with Crippen molar-refractivity contribution in [2.45, 2.75) is 0 Å². The number of hydrogen-bond acceptors (Lipinski definition) is 9. The first kappa shape index (κ1) is 21.3. The van der Waals surface area contributed by atoms with Crippen LogP contribution in [0.3, 0.4) is 0 Å². The van der Waals surface area contributed by atoms with Crippen LogP contribution in [-0.2, 0) is 10.3 Å². The third kappa shape index (κ3) is 6.32. The summed E-state index contributed by atoms with van der Waals surface area (Å²) in [6, 6.07) is 6.23. The number of rotatable bonds is 9. The zero-order valence-electron chi connectivity index (χ0n) is 14.8. The summed E-state index contributed by atoms with van der Waals surface area (Å²) in [4.78, 5) is 19.7. The second-order valence-electron chi connectivity index (χ2n) is 4.85. The molecule has 0 spiro atoms. The van der Waals surface area contributed by atoms with E-state index in [1.165, 1.54) is 38.5 Å². The molecule has 13 heteroatoms. The van der Waals surface area contributed by atoms with Gasteiger partial charge in [0, 0.05) is 0 Å². The predicted molar refractivity (Wildman–Crippen MR) is 99.5 cm³/mol. The first-order chi connectivity index (χ1) is 13.4. The lowest BCUT2D eigenvalue weighted by Gasteiger charge is -2.12. The van der Waals surface area contributed by atoms with E-state index >= 15 is 0 Å². The van der Waals surface area contributed by atoms with Crippen LogP contribution in [0, 0.1) is 0 Å². The lowest BCUT2D eigenvalue weighted by Crippen LogP contribution is -2.37. The van der Waals surface area contributed by atoms with Gasteiger partial charge in [0.1, 0.15) is 6.61 Å². The maximum absolute atomic E-state index is 12.1. The Morgan fingerprint density at radius 1 is 1.11 bits per heavy atom. The van der Waals surface area contributed by atoms with Crippen LogP contribution in [0.5, 0.6) is 23.3 Å². The summed E-state index contributed by atoms with van der Waals surface area (Å²) in [7, 11) is -1.82. The Kier molecular flexibility index (Phi) is 7.46. The number of amides is 2. The van der Waals surface area contributed by atoms with Gasteiger partial charge in [0.15, 0.2) is 11.5 Å². The lowest BCUT2D eigenvalue weighted by atomic mass is 10.3. The number of methoxy groups -OCH3 is 2. The Labute approximate surface area is 166 Å². The van der Waals surface area contributed by atoms with Gasteiger partial charge in [0.25, 0.3) is 0 Å². The number of para-hydroxylation sites is 2. The van der Waals surface area contributed by atoms with Gasteiger partial charge < -0.3 is 18.4 Å². The van der Waals surface area contributed by atoms with Gasteiger partial charge in [-0.3, -0.25) is 5.32 Å². The van der Waals surface area contributed by atoms with Crippen molar-refractivity contribution in [3.8, 4) is 23.3 Å². The maximum atomic E-state index is 12.1. The van der Waals surface area contributed by atoms with Gasteiger partial charge in [-0.2, -0.15) is 18.4 Å². The number of carbonyl (C=O) groups is 1. The molecule has 0 atom stereocenters. The molecular weight excluding hydrogens is 416 g/mol. The van der Waals surface area contributed by atoms with E-state index in [1.807, 2.05) is 0 Å². The Hall–Kier alpha value is -2.99. The number of anilines is 1. The van der Waals surface area contributed by atoms with Gasteiger partial charge in [0.05, 0.1) is 26.2 Å². The summed E-state index contributed by atoms with van der Waals surface area (Å²) >= 11 is 5.55. The molecule has 2 aromatic rings. The molecule has 0 saturated carbocycles. The highest BCUT2D eigenvalue weighted by Crippen LogP contribution is 2.27. The van der Waals surface area contributed by atoms with Crippen molar-refractivity contribution < 1.29 is 31.6 Å². The number of carbonyl (C=O) groups excluding carboxylic acids is 1. The van der Waals surface area contributed by atoms with E-state index in [0.29, 0.717) is 0 Å². The minimum atomic E-state index is -4.53. The van der Waals surface area contributed by atoms with Crippen molar-refractivity contribution in [2.24, 2.45) is 0 Å². The van der Waals surface area contributed by atoms with Crippen LogP contribution in [0.2, 0.25) is 0 Å². The molecular formula is C15H17ClN4O7S. The number of halogens is 1. The highest BCUT2D eigenvalue weighted by molar-refractivity contribution is 7.85. The molecule has 0 bridgehead atoms. The molecule has 0 unspecified atom stereocenters. The molecule has 1 aromatic heterocycles. The molecule has 0 saturated heterocycles. The smallest absolute Gasteiger partial charge is 0.411 e. The fourth-order valence-corrected chi connectivity index (χ4v) is 2.61. The molecule has 2 rings (SSSR count). The molecule has 0 fully saturated rings. The third-order valence-electron chi connectivity index (χ3n) is 2.92. The highest BCUT2D eigenvalue weighted by Gasteiger charge is 2.20. The van der Waals surface area contributed by atoms with Crippen LogP contribution in [0.1, 0.15) is 0 Å². The normalized spacial score (nSPS) is 10.7. The van der Waals surface area contributed by atoms with E-state index < -0.39 is 16.3 Å².